The molecule has 0 spiro atoms. The molecule has 0 radical (unpaired) electrons. The van der Waals surface area contributed by atoms with Crippen molar-refractivity contribution in [1.82, 2.24) is 0 Å². The number of carboxylic acid groups (broad SMARTS) is 1. The molecule has 0 saturated carbocycles. The van der Waals surface area contributed by atoms with E-state index in [0.717, 1.165) is 42.2 Å². The molecule has 6 nitrogen and oxygen atoms in total. The summed E-state index contributed by atoms with van der Waals surface area (Å²) in [5.41, 5.74) is 1.33. The van der Waals surface area contributed by atoms with Gasteiger partial charge in [-0.05, 0) is 51.2 Å². The van der Waals surface area contributed by atoms with E-state index >= 15 is 0 Å². The number of carbonyl (C=O) groups is 3. The van der Waals surface area contributed by atoms with Crippen molar-refractivity contribution < 1.29 is 24.2 Å². The zero-order chi connectivity index (χ0) is 17.0. The number of aliphatic carboxylic acids is 1. The average Bonchev–Trinajstić information content (AvgIpc) is 2.82. The van der Waals surface area contributed by atoms with Crippen molar-refractivity contribution in [3.63, 3.8) is 0 Å². The minimum absolute atomic E-state index is 0.261. The second-order valence-corrected chi connectivity index (χ2v) is 6.62. The maximum atomic E-state index is 12.4. The number of carboxylic acids is 1. The normalized spacial score (nSPS) is 13.9. The Labute approximate surface area is 138 Å². The molecule has 1 heterocycles. The summed E-state index contributed by atoms with van der Waals surface area (Å²) >= 11 is 1.35. The summed E-state index contributed by atoms with van der Waals surface area (Å²) in [6.45, 7) is 3.52. The summed E-state index contributed by atoms with van der Waals surface area (Å²) < 4.78 is 5.28. The van der Waals surface area contributed by atoms with Crippen LogP contribution in [0.4, 0.5) is 5.00 Å². The van der Waals surface area contributed by atoms with E-state index in [0.29, 0.717) is 16.6 Å². The summed E-state index contributed by atoms with van der Waals surface area (Å²) in [5, 5.41) is 13.4. The number of hydrogen-bond acceptors (Lipinski definition) is 6. The van der Waals surface area contributed by atoms with Gasteiger partial charge in [0.1, 0.15) is 5.00 Å². The molecule has 1 N–H and O–H groups in total. The number of fused-ring (bicyclic) bond motifs is 1. The van der Waals surface area contributed by atoms with Crippen LogP contribution in [0.15, 0.2) is 12.2 Å². The van der Waals surface area contributed by atoms with Gasteiger partial charge in [0.25, 0.3) is 0 Å². The molecule has 7 heteroatoms. The SMILES string of the molecule is CC(C)OC(=O)c1c(NC(=O)C=CC(=O)[O-])sc2c1CCCC2. The van der Waals surface area contributed by atoms with E-state index in [9.17, 15) is 19.5 Å². The lowest BCUT2D eigenvalue weighted by Crippen LogP contribution is -2.20. The van der Waals surface area contributed by atoms with E-state index in [2.05, 4.69) is 5.32 Å². The summed E-state index contributed by atoms with van der Waals surface area (Å²) in [6, 6.07) is 0. The lowest BCUT2D eigenvalue weighted by molar-refractivity contribution is -0.297. The van der Waals surface area contributed by atoms with Crippen LogP contribution in [-0.2, 0) is 27.2 Å². The largest absolute Gasteiger partial charge is 0.545 e. The molecule has 2 rings (SSSR count). The van der Waals surface area contributed by atoms with Crippen LogP contribution < -0.4 is 10.4 Å². The maximum Gasteiger partial charge on any atom is 0.341 e. The Morgan fingerprint density at radius 2 is 1.91 bits per heavy atom. The average molecular weight is 336 g/mol. The second-order valence-electron chi connectivity index (χ2n) is 5.51. The lowest BCUT2D eigenvalue weighted by atomic mass is 9.95. The van der Waals surface area contributed by atoms with E-state index < -0.39 is 17.8 Å². The molecule has 1 amide bonds. The lowest BCUT2D eigenvalue weighted by Gasteiger charge is -2.14. The Balaban J connectivity index is 2.30. The van der Waals surface area contributed by atoms with Gasteiger partial charge in [0, 0.05) is 11.0 Å². The van der Waals surface area contributed by atoms with Crippen LogP contribution in [0, 0.1) is 0 Å². The van der Waals surface area contributed by atoms with Gasteiger partial charge in [0.05, 0.1) is 17.6 Å². The van der Waals surface area contributed by atoms with Crippen molar-refractivity contribution in [2.45, 2.75) is 45.6 Å². The number of anilines is 1. The fourth-order valence-corrected chi connectivity index (χ4v) is 3.72. The van der Waals surface area contributed by atoms with E-state index in [4.69, 9.17) is 4.74 Å². The molecule has 1 aliphatic rings. The molecule has 23 heavy (non-hydrogen) atoms. The molecular formula is C16H18NO5S-. The van der Waals surface area contributed by atoms with Crippen molar-refractivity contribution in [3.05, 3.63) is 28.2 Å². The molecule has 1 aromatic rings. The smallest absolute Gasteiger partial charge is 0.341 e. The van der Waals surface area contributed by atoms with Gasteiger partial charge in [0.15, 0.2) is 0 Å². The van der Waals surface area contributed by atoms with Gasteiger partial charge in [0.2, 0.25) is 5.91 Å². The predicted molar refractivity (Wildman–Crippen MR) is 84.3 cm³/mol. The molecule has 0 unspecified atom stereocenters. The van der Waals surface area contributed by atoms with Crippen molar-refractivity contribution in [2.75, 3.05) is 5.32 Å². The quantitative estimate of drug-likeness (QED) is 0.648. The van der Waals surface area contributed by atoms with E-state index in [-0.39, 0.29) is 6.10 Å². The minimum atomic E-state index is -1.45. The molecule has 1 aliphatic carbocycles. The fourth-order valence-electron chi connectivity index (χ4n) is 2.44. The van der Waals surface area contributed by atoms with Crippen LogP contribution in [0.2, 0.25) is 0 Å². The molecule has 124 valence electrons. The number of hydrogen-bond donors (Lipinski definition) is 1. The number of ether oxygens (including phenoxy) is 1. The highest BCUT2D eigenvalue weighted by molar-refractivity contribution is 7.17. The molecule has 0 saturated heterocycles. The fraction of sp³-hybridized carbons (Fsp3) is 0.438. The van der Waals surface area contributed by atoms with Crippen LogP contribution in [0.1, 0.15) is 47.5 Å². The van der Waals surface area contributed by atoms with E-state index in [1.54, 1.807) is 13.8 Å². The zero-order valence-corrected chi connectivity index (χ0v) is 13.8. The van der Waals surface area contributed by atoms with Gasteiger partial charge in [-0.3, -0.25) is 4.79 Å². The third kappa shape index (κ3) is 4.41. The molecule has 1 aromatic heterocycles. The Bertz CT molecular complexity index is 660. The standard InChI is InChI=1S/C16H19NO5S/c1-9(2)22-16(21)14-10-5-3-4-6-11(10)23-15(14)17-12(18)7-8-13(19)20/h7-9H,3-6H2,1-2H3,(H,17,18)(H,19,20)/p-1. The summed E-state index contributed by atoms with van der Waals surface area (Å²) in [5.74, 6) is -2.53. The topological polar surface area (TPSA) is 95.5 Å². The summed E-state index contributed by atoms with van der Waals surface area (Å²) in [7, 11) is 0. The third-order valence-electron chi connectivity index (χ3n) is 3.33. The first kappa shape index (κ1) is 17.2. The van der Waals surface area contributed by atoms with Crippen molar-refractivity contribution in [1.29, 1.82) is 0 Å². The van der Waals surface area contributed by atoms with Gasteiger partial charge in [-0.15, -0.1) is 11.3 Å². The van der Waals surface area contributed by atoms with Crippen molar-refractivity contribution in [2.24, 2.45) is 0 Å². The Morgan fingerprint density at radius 1 is 1.22 bits per heavy atom. The molecule has 0 aliphatic heterocycles. The number of rotatable bonds is 5. The van der Waals surface area contributed by atoms with E-state index in [1.165, 1.54) is 11.3 Å². The number of esters is 1. The predicted octanol–water partition coefficient (Wildman–Crippen LogP) is 1.44. The first-order chi connectivity index (χ1) is 10.9. The summed E-state index contributed by atoms with van der Waals surface area (Å²) in [6.07, 6.45) is 4.93. The first-order valence-electron chi connectivity index (χ1n) is 7.44. The van der Waals surface area contributed by atoms with Crippen molar-refractivity contribution >= 4 is 34.2 Å². The van der Waals surface area contributed by atoms with Crippen LogP contribution in [-0.4, -0.2) is 23.9 Å². The van der Waals surface area contributed by atoms with E-state index in [1.807, 2.05) is 0 Å². The van der Waals surface area contributed by atoms with Gasteiger partial charge in [-0.25, -0.2) is 4.79 Å². The molecule has 0 fully saturated rings. The first-order valence-corrected chi connectivity index (χ1v) is 8.25. The number of amides is 1. The van der Waals surface area contributed by atoms with Crippen molar-refractivity contribution in [3.8, 4) is 0 Å². The molecular weight excluding hydrogens is 318 g/mol. The Kier molecular flexibility index (Phi) is 5.54. The second kappa shape index (κ2) is 7.41. The highest BCUT2D eigenvalue weighted by Crippen LogP contribution is 2.38. The number of carbonyl (C=O) groups excluding carboxylic acids is 3. The Morgan fingerprint density at radius 3 is 2.57 bits per heavy atom. The third-order valence-corrected chi connectivity index (χ3v) is 4.53. The van der Waals surface area contributed by atoms with Gasteiger partial charge < -0.3 is 20.0 Å². The number of thiophene rings is 1. The summed E-state index contributed by atoms with van der Waals surface area (Å²) in [4.78, 5) is 35.6. The van der Waals surface area contributed by atoms with Crippen LogP contribution in [0.5, 0.6) is 0 Å². The number of aryl methyl sites for hydroxylation is 1. The molecule has 0 atom stereocenters. The molecule has 0 aromatic carbocycles. The maximum absolute atomic E-state index is 12.4. The molecule has 0 bridgehead atoms. The zero-order valence-electron chi connectivity index (χ0n) is 13.0. The van der Waals surface area contributed by atoms with Gasteiger partial charge in [-0.1, -0.05) is 0 Å². The monoisotopic (exact) mass is 336 g/mol. The van der Waals surface area contributed by atoms with Crippen LogP contribution in [0.3, 0.4) is 0 Å². The van der Waals surface area contributed by atoms with Gasteiger partial charge >= 0.3 is 5.97 Å². The van der Waals surface area contributed by atoms with Gasteiger partial charge in [-0.2, -0.15) is 0 Å². The Hall–Kier alpha value is -2.15. The highest BCUT2D eigenvalue weighted by atomic mass is 32.1. The minimum Gasteiger partial charge on any atom is -0.545 e. The number of nitrogens with one attached hydrogen (secondary N) is 1. The van der Waals surface area contributed by atoms with Crippen LogP contribution >= 0.6 is 11.3 Å². The van der Waals surface area contributed by atoms with Crippen LogP contribution in [0.25, 0.3) is 0 Å². The highest BCUT2D eigenvalue weighted by Gasteiger charge is 2.27.